The van der Waals surface area contributed by atoms with Crippen LogP contribution in [0.3, 0.4) is 0 Å². The van der Waals surface area contributed by atoms with Crippen LogP contribution in [0, 0.1) is 10.8 Å². The molecule has 0 saturated heterocycles. The van der Waals surface area contributed by atoms with Crippen LogP contribution in [0.5, 0.6) is 0 Å². The van der Waals surface area contributed by atoms with Gasteiger partial charge in [0.1, 0.15) is 0 Å². The number of rotatable bonds is 2. The predicted octanol–water partition coefficient (Wildman–Crippen LogP) is 2.44. The Balaban J connectivity index is 2.43. The van der Waals surface area contributed by atoms with Crippen molar-refractivity contribution in [2.45, 2.75) is 72.4 Å². The smallest absolute Gasteiger partial charge is 0.237 e. The molecule has 1 rings (SSSR count). The van der Waals surface area contributed by atoms with Gasteiger partial charge in [0.15, 0.2) is 0 Å². The molecule has 0 unspecified atom stereocenters. The van der Waals surface area contributed by atoms with E-state index in [1.807, 2.05) is 20.8 Å². The summed E-state index contributed by atoms with van der Waals surface area (Å²) < 4.78 is 0. The SMILES string of the molecule is CC1(C)CCC(NC(=O)[C@@H](N)C(C)(C)C)CC1. The Morgan fingerprint density at radius 1 is 1.29 bits per heavy atom. The maximum atomic E-state index is 12.0. The molecule has 17 heavy (non-hydrogen) atoms. The summed E-state index contributed by atoms with van der Waals surface area (Å²) in [7, 11) is 0. The first-order chi connectivity index (χ1) is 7.62. The van der Waals surface area contributed by atoms with Gasteiger partial charge in [-0.2, -0.15) is 0 Å². The molecule has 0 aromatic rings. The molecule has 1 atom stereocenters. The van der Waals surface area contributed by atoms with Crippen LogP contribution in [-0.4, -0.2) is 18.0 Å². The van der Waals surface area contributed by atoms with Crippen molar-refractivity contribution in [2.75, 3.05) is 0 Å². The number of hydrogen-bond acceptors (Lipinski definition) is 2. The van der Waals surface area contributed by atoms with E-state index in [0.29, 0.717) is 11.5 Å². The summed E-state index contributed by atoms with van der Waals surface area (Å²) in [5, 5.41) is 3.10. The summed E-state index contributed by atoms with van der Waals surface area (Å²) in [6.07, 6.45) is 4.52. The molecule has 0 aliphatic heterocycles. The summed E-state index contributed by atoms with van der Waals surface area (Å²) in [6, 6.07) is -0.0960. The summed E-state index contributed by atoms with van der Waals surface area (Å²) >= 11 is 0. The zero-order chi connectivity index (χ0) is 13.3. The van der Waals surface area contributed by atoms with Crippen LogP contribution in [0.4, 0.5) is 0 Å². The van der Waals surface area contributed by atoms with Crippen LogP contribution in [0.25, 0.3) is 0 Å². The number of nitrogens with two attached hydrogens (primary N) is 1. The quantitative estimate of drug-likeness (QED) is 0.779. The van der Waals surface area contributed by atoms with E-state index in [-0.39, 0.29) is 11.3 Å². The topological polar surface area (TPSA) is 55.1 Å². The molecule has 0 bridgehead atoms. The van der Waals surface area contributed by atoms with E-state index in [4.69, 9.17) is 5.73 Å². The summed E-state index contributed by atoms with van der Waals surface area (Å²) in [4.78, 5) is 12.0. The predicted molar refractivity (Wildman–Crippen MR) is 71.6 cm³/mol. The molecule has 0 aromatic heterocycles. The Labute approximate surface area is 106 Å². The summed E-state index contributed by atoms with van der Waals surface area (Å²) in [5.74, 6) is 0.00204. The molecule has 3 nitrogen and oxygen atoms in total. The molecule has 3 N–H and O–H groups in total. The maximum Gasteiger partial charge on any atom is 0.237 e. The van der Waals surface area contributed by atoms with E-state index >= 15 is 0 Å². The normalized spacial score (nSPS) is 23.2. The summed E-state index contributed by atoms with van der Waals surface area (Å²) in [6.45, 7) is 10.6. The largest absolute Gasteiger partial charge is 0.352 e. The second-order valence-electron chi connectivity index (χ2n) is 7.29. The number of nitrogens with one attached hydrogen (secondary N) is 1. The van der Waals surface area contributed by atoms with Crippen LogP contribution < -0.4 is 11.1 Å². The molecule has 1 aliphatic rings. The standard InChI is InChI=1S/C14H28N2O/c1-13(2,3)11(15)12(17)16-10-6-8-14(4,5)9-7-10/h10-11H,6-9,15H2,1-5H3,(H,16,17)/t11-/m1/s1. The molecule has 0 aromatic carbocycles. The van der Waals surface area contributed by atoms with Gasteiger partial charge in [0.25, 0.3) is 0 Å². The highest BCUT2D eigenvalue weighted by molar-refractivity contribution is 5.82. The van der Waals surface area contributed by atoms with Gasteiger partial charge >= 0.3 is 0 Å². The van der Waals surface area contributed by atoms with E-state index in [2.05, 4.69) is 19.2 Å². The van der Waals surface area contributed by atoms with Gasteiger partial charge in [0.05, 0.1) is 6.04 Å². The van der Waals surface area contributed by atoms with Crippen molar-refractivity contribution in [3.05, 3.63) is 0 Å². The molecular weight excluding hydrogens is 212 g/mol. The molecule has 0 radical (unpaired) electrons. The Hall–Kier alpha value is -0.570. The Morgan fingerprint density at radius 3 is 2.18 bits per heavy atom. The molecular formula is C14H28N2O. The first-order valence-corrected chi connectivity index (χ1v) is 6.68. The second-order valence-corrected chi connectivity index (χ2v) is 7.29. The van der Waals surface area contributed by atoms with Crippen molar-refractivity contribution in [1.82, 2.24) is 5.32 Å². The van der Waals surface area contributed by atoms with Gasteiger partial charge in [-0.1, -0.05) is 34.6 Å². The van der Waals surface area contributed by atoms with E-state index in [1.54, 1.807) is 0 Å². The first kappa shape index (κ1) is 14.5. The van der Waals surface area contributed by atoms with E-state index in [9.17, 15) is 4.79 Å². The second kappa shape index (κ2) is 4.97. The van der Waals surface area contributed by atoms with E-state index in [0.717, 1.165) is 12.8 Å². The number of amides is 1. The van der Waals surface area contributed by atoms with Crippen molar-refractivity contribution in [3.8, 4) is 0 Å². The van der Waals surface area contributed by atoms with Gasteiger partial charge < -0.3 is 11.1 Å². The Morgan fingerprint density at radius 2 is 1.76 bits per heavy atom. The average molecular weight is 240 g/mol. The minimum absolute atomic E-state index is 0.00204. The van der Waals surface area contributed by atoms with Gasteiger partial charge in [0.2, 0.25) is 5.91 Å². The zero-order valence-electron chi connectivity index (χ0n) is 12.0. The first-order valence-electron chi connectivity index (χ1n) is 6.68. The van der Waals surface area contributed by atoms with Crippen molar-refractivity contribution < 1.29 is 4.79 Å². The summed E-state index contributed by atoms with van der Waals surface area (Å²) in [5.41, 5.74) is 6.22. The van der Waals surface area contributed by atoms with Crippen LogP contribution in [0.15, 0.2) is 0 Å². The van der Waals surface area contributed by atoms with Gasteiger partial charge in [-0.25, -0.2) is 0 Å². The highest BCUT2D eigenvalue weighted by Gasteiger charge is 2.31. The van der Waals surface area contributed by atoms with Gasteiger partial charge in [-0.3, -0.25) is 4.79 Å². The fourth-order valence-corrected chi connectivity index (χ4v) is 2.23. The maximum absolute atomic E-state index is 12.0. The number of carbonyl (C=O) groups excluding carboxylic acids is 1. The Bertz CT molecular complexity index is 268. The lowest BCUT2D eigenvalue weighted by molar-refractivity contribution is -0.125. The molecule has 0 heterocycles. The lowest BCUT2D eigenvalue weighted by Gasteiger charge is -2.36. The van der Waals surface area contributed by atoms with E-state index < -0.39 is 6.04 Å². The highest BCUT2D eigenvalue weighted by Crippen LogP contribution is 2.35. The fraction of sp³-hybridized carbons (Fsp3) is 0.929. The van der Waals surface area contributed by atoms with Gasteiger partial charge in [0, 0.05) is 6.04 Å². The average Bonchev–Trinajstić information content (AvgIpc) is 2.18. The lowest BCUT2D eigenvalue weighted by Crippen LogP contribution is -2.52. The minimum atomic E-state index is -0.419. The monoisotopic (exact) mass is 240 g/mol. The minimum Gasteiger partial charge on any atom is -0.352 e. The fourth-order valence-electron chi connectivity index (χ4n) is 2.23. The third kappa shape index (κ3) is 4.30. The molecule has 1 saturated carbocycles. The van der Waals surface area contributed by atoms with Crippen molar-refractivity contribution in [1.29, 1.82) is 0 Å². The molecule has 100 valence electrons. The van der Waals surface area contributed by atoms with Crippen molar-refractivity contribution in [2.24, 2.45) is 16.6 Å². The van der Waals surface area contributed by atoms with Gasteiger partial charge in [-0.05, 0) is 36.5 Å². The highest BCUT2D eigenvalue weighted by atomic mass is 16.2. The number of carbonyl (C=O) groups is 1. The third-order valence-electron chi connectivity index (χ3n) is 3.90. The van der Waals surface area contributed by atoms with Crippen LogP contribution in [0.1, 0.15) is 60.3 Å². The lowest BCUT2D eigenvalue weighted by atomic mass is 9.75. The van der Waals surface area contributed by atoms with E-state index in [1.165, 1.54) is 12.8 Å². The van der Waals surface area contributed by atoms with Crippen molar-refractivity contribution >= 4 is 5.91 Å². The molecule has 1 aliphatic carbocycles. The molecule has 3 heteroatoms. The van der Waals surface area contributed by atoms with Crippen LogP contribution >= 0.6 is 0 Å². The third-order valence-corrected chi connectivity index (χ3v) is 3.90. The number of hydrogen-bond donors (Lipinski definition) is 2. The molecule has 1 fully saturated rings. The molecule has 0 spiro atoms. The van der Waals surface area contributed by atoms with Crippen molar-refractivity contribution in [3.63, 3.8) is 0 Å². The van der Waals surface area contributed by atoms with Crippen LogP contribution in [0.2, 0.25) is 0 Å². The molecule has 1 amide bonds. The van der Waals surface area contributed by atoms with Gasteiger partial charge in [-0.15, -0.1) is 0 Å². The van der Waals surface area contributed by atoms with Crippen LogP contribution in [-0.2, 0) is 4.79 Å². The Kier molecular flexibility index (Phi) is 4.23. The zero-order valence-corrected chi connectivity index (χ0v) is 12.0.